The topological polar surface area (TPSA) is 108 Å². The molecule has 0 aliphatic carbocycles. The van der Waals surface area contributed by atoms with Crippen LogP contribution in [0.15, 0.2) is 48.2 Å². The van der Waals surface area contributed by atoms with Crippen LogP contribution in [0.25, 0.3) is 0 Å². The molecule has 2 N–H and O–H groups in total. The van der Waals surface area contributed by atoms with E-state index in [1.165, 1.54) is 30.5 Å². The molecule has 2 aromatic rings. The summed E-state index contributed by atoms with van der Waals surface area (Å²) in [7, 11) is 0. The van der Waals surface area contributed by atoms with Crippen LogP contribution in [0, 0.1) is 42.2 Å². The molecule has 7 heteroatoms. The van der Waals surface area contributed by atoms with Crippen LogP contribution in [0.5, 0.6) is 0 Å². The van der Waals surface area contributed by atoms with Crippen LogP contribution < -0.4 is 10.6 Å². The van der Waals surface area contributed by atoms with Gasteiger partial charge in [-0.2, -0.15) is 5.26 Å². The van der Waals surface area contributed by atoms with Crippen LogP contribution in [0.3, 0.4) is 0 Å². The van der Waals surface area contributed by atoms with Gasteiger partial charge in [-0.25, -0.2) is 0 Å². The second-order valence-corrected chi connectivity index (χ2v) is 5.85. The number of non-ortho nitro benzene ring substituents is 1. The molecule has 0 saturated heterocycles. The lowest BCUT2D eigenvalue weighted by Crippen LogP contribution is -2.16. The summed E-state index contributed by atoms with van der Waals surface area (Å²) in [6.45, 7) is 5.75. The quantitative estimate of drug-likeness (QED) is 0.367. The number of nitro groups is 1. The fraction of sp³-hybridized carbons (Fsp3) is 0.158. The van der Waals surface area contributed by atoms with E-state index in [9.17, 15) is 20.2 Å². The molecule has 0 bridgehead atoms. The van der Waals surface area contributed by atoms with Crippen LogP contribution in [0.1, 0.15) is 16.7 Å². The largest absolute Gasteiger partial charge is 0.360 e. The van der Waals surface area contributed by atoms with Gasteiger partial charge in [0.2, 0.25) is 0 Å². The Kier molecular flexibility index (Phi) is 5.71. The van der Waals surface area contributed by atoms with E-state index in [1.54, 1.807) is 0 Å². The first-order valence-corrected chi connectivity index (χ1v) is 7.82. The number of carbonyl (C=O) groups excluding carboxylic acids is 1. The van der Waals surface area contributed by atoms with E-state index in [2.05, 4.69) is 10.6 Å². The normalized spacial score (nSPS) is 10.8. The van der Waals surface area contributed by atoms with E-state index in [1.807, 2.05) is 39.0 Å². The maximum Gasteiger partial charge on any atom is 0.269 e. The lowest BCUT2D eigenvalue weighted by Gasteiger charge is -2.12. The third kappa shape index (κ3) is 4.45. The molecular formula is C19H18N4O3. The molecule has 0 aliphatic heterocycles. The molecular weight excluding hydrogens is 332 g/mol. The number of carbonyl (C=O) groups is 1. The molecule has 0 fully saturated rings. The molecule has 0 spiro atoms. The number of nitrogens with one attached hydrogen (secondary N) is 2. The Labute approximate surface area is 151 Å². The number of benzene rings is 2. The summed E-state index contributed by atoms with van der Waals surface area (Å²) in [6, 6.07) is 11.4. The van der Waals surface area contributed by atoms with Crippen molar-refractivity contribution in [3.63, 3.8) is 0 Å². The number of aryl methyl sites for hydroxylation is 3. The van der Waals surface area contributed by atoms with Crippen molar-refractivity contribution in [1.82, 2.24) is 0 Å². The van der Waals surface area contributed by atoms with Crippen molar-refractivity contribution in [2.75, 3.05) is 10.6 Å². The molecule has 1 amide bonds. The average molecular weight is 350 g/mol. The minimum absolute atomic E-state index is 0.0388. The summed E-state index contributed by atoms with van der Waals surface area (Å²) in [5.74, 6) is -0.531. The summed E-state index contributed by atoms with van der Waals surface area (Å²) in [5.41, 5.74) is 3.98. The maximum atomic E-state index is 12.4. The molecule has 2 aromatic carbocycles. The number of nitriles is 1. The predicted octanol–water partition coefficient (Wildman–Crippen LogP) is 3.98. The Hall–Kier alpha value is -3.66. The van der Waals surface area contributed by atoms with Crippen LogP contribution >= 0.6 is 0 Å². The molecule has 0 aromatic heterocycles. The number of hydrogen-bond donors (Lipinski definition) is 2. The van der Waals surface area contributed by atoms with Gasteiger partial charge in [-0.05, 0) is 44.0 Å². The summed E-state index contributed by atoms with van der Waals surface area (Å²) in [4.78, 5) is 22.5. The minimum atomic E-state index is -0.531. The lowest BCUT2D eigenvalue weighted by atomic mass is 10.0. The zero-order valence-electron chi connectivity index (χ0n) is 14.7. The first-order valence-electron chi connectivity index (χ1n) is 7.82. The molecule has 7 nitrogen and oxygen atoms in total. The highest BCUT2D eigenvalue weighted by Crippen LogP contribution is 2.22. The van der Waals surface area contributed by atoms with Crippen LogP contribution in [0.2, 0.25) is 0 Å². The van der Waals surface area contributed by atoms with Gasteiger partial charge in [0.25, 0.3) is 11.6 Å². The van der Waals surface area contributed by atoms with Gasteiger partial charge in [0, 0.05) is 29.7 Å². The number of hydrogen-bond acceptors (Lipinski definition) is 5. The third-order valence-corrected chi connectivity index (χ3v) is 3.74. The molecule has 0 heterocycles. The van der Waals surface area contributed by atoms with Gasteiger partial charge in [-0.3, -0.25) is 14.9 Å². The van der Waals surface area contributed by atoms with Gasteiger partial charge in [0.15, 0.2) is 0 Å². The number of amides is 1. The molecule has 0 radical (unpaired) electrons. The highest BCUT2D eigenvalue weighted by atomic mass is 16.6. The smallest absolute Gasteiger partial charge is 0.269 e. The molecule has 2 rings (SSSR count). The van der Waals surface area contributed by atoms with Gasteiger partial charge in [0.05, 0.1) is 4.92 Å². The number of anilines is 2. The van der Waals surface area contributed by atoms with Crippen molar-refractivity contribution < 1.29 is 9.72 Å². The minimum Gasteiger partial charge on any atom is -0.360 e. The summed E-state index contributed by atoms with van der Waals surface area (Å²) >= 11 is 0. The fourth-order valence-electron chi connectivity index (χ4n) is 2.54. The Bertz CT molecular complexity index is 902. The van der Waals surface area contributed by atoms with E-state index >= 15 is 0 Å². The first-order chi connectivity index (χ1) is 12.3. The van der Waals surface area contributed by atoms with Gasteiger partial charge < -0.3 is 10.6 Å². The van der Waals surface area contributed by atoms with Crippen LogP contribution in [-0.4, -0.2) is 10.8 Å². The number of nitrogens with zero attached hydrogens (tertiary/aromatic N) is 2. The molecule has 0 atom stereocenters. The molecule has 26 heavy (non-hydrogen) atoms. The number of rotatable bonds is 5. The van der Waals surface area contributed by atoms with Crippen molar-refractivity contribution >= 4 is 23.0 Å². The monoisotopic (exact) mass is 350 g/mol. The highest BCUT2D eigenvalue weighted by Gasteiger charge is 2.13. The molecule has 0 unspecified atom stereocenters. The van der Waals surface area contributed by atoms with Crippen LogP contribution in [-0.2, 0) is 4.79 Å². The van der Waals surface area contributed by atoms with E-state index in [0.717, 1.165) is 16.7 Å². The molecule has 0 aliphatic rings. The average Bonchev–Trinajstić information content (AvgIpc) is 2.59. The maximum absolute atomic E-state index is 12.4. The Balaban J connectivity index is 2.15. The zero-order chi connectivity index (χ0) is 19.3. The summed E-state index contributed by atoms with van der Waals surface area (Å²) < 4.78 is 0. The van der Waals surface area contributed by atoms with Crippen LogP contribution in [0.4, 0.5) is 17.1 Å². The van der Waals surface area contributed by atoms with Gasteiger partial charge in [-0.1, -0.05) is 17.7 Å². The molecule has 0 saturated carbocycles. The van der Waals surface area contributed by atoms with Gasteiger partial charge in [-0.15, -0.1) is 0 Å². The lowest BCUT2D eigenvalue weighted by molar-refractivity contribution is -0.384. The van der Waals surface area contributed by atoms with Gasteiger partial charge >= 0.3 is 0 Å². The van der Waals surface area contributed by atoms with E-state index in [0.29, 0.717) is 11.4 Å². The Morgan fingerprint density at radius 3 is 2.23 bits per heavy atom. The zero-order valence-corrected chi connectivity index (χ0v) is 14.7. The van der Waals surface area contributed by atoms with Crippen molar-refractivity contribution in [2.45, 2.75) is 20.8 Å². The molecule has 132 valence electrons. The summed E-state index contributed by atoms with van der Waals surface area (Å²) in [6.07, 6.45) is 1.27. The van der Waals surface area contributed by atoms with Crippen molar-refractivity contribution in [3.8, 4) is 6.07 Å². The standard InChI is InChI=1S/C19H18N4O3/c1-12-8-13(2)18(14(3)9-12)22-19(24)15(10-20)11-21-16-4-6-17(7-5-16)23(25)26/h4-9,11,21H,1-3H3,(H,22,24)/b15-11-. The van der Waals surface area contributed by atoms with Crippen molar-refractivity contribution in [1.29, 1.82) is 5.26 Å². The predicted molar refractivity (Wildman–Crippen MR) is 99.7 cm³/mol. The highest BCUT2D eigenvalue weighted by molar-refractivity contribution is 6.07. The second-order valence-electron chi connectivity index (χ2n) is 5.85. The van der Waals surface area contributed by atoms with E-state index < -0.39 is 10.8 Å². The fourth-order valence-corrected chi connectivity index (χ4v) is 2.54. The van der Waals surface area contributed by atoms with Crippen molar-refractivity contribution in [3.05, 3.63) is 75.0 Å². The second kappa shape index (κ2) is 7.94. The van der Waals surface area contributed by atoms with Gasteiger partial charge in [0.1, 0.15) is 11.6 Å². The van der Waals surface area contributed by atoms with E-state index in [-0.39, 0.29) is 11.3 Å². The number of nitro benzene ring substituents is 1. The van der Waals surface area contributed by atoms with E-state index in [4.69, 9.17) is 0 Å². The third-order valence-electron chi connectivity index (χ3n) is 3.74. The Morgan fingerprint density at radius 1 is 1.15 bits per heavy atom. The first kappa shape index (κ1) is 18.7. The Morgan fingerprint density at radius 2 is 1.73 bits per heavy atom. The van der Waals surface area contributed by atoms with Crippen molar-refractivity contribution in [2.24, 2.45) is 0 Å². The SMILES string of the molecule is Cc1cc(C)c(NC(=O)/C(C#N)=C\Nc2ccc([N+](=O)[O-])cc2)c(C)c1. The summed E-state index contributed by atoms with van der Waals surface area (Å²) in [5, 5.41) is 25.4.